The number of aromatic nitrogens is 3. The zero-order chi connectivity index (χ0) is 14.9. The lowest BCUT2D eigenvalue weighted by atomic mass is 10.0. The quantitative estimate of drug-likeness (QED) is 0.854. The molecule has 2 aromatic rings. The van der Waals surface area contributed by atoms with Crippen molar-refractivity contribution < 1.29 is 0 Å². The minimum absolute atomic E-state index is 0.820. The Kier molecular flexibility index (Phi) is 3.68. The Hall–Kier alpha value is -1.72. The van der Waals surface area contributed by atoms with Crippen molar-refractivity contribution in [3.63, 3.8) is 0 Å². The Bertz CT molecular complexity index is 609. The molecule has 5 heteroatoms. The summed E-state index contributed by atoms with van der Waals surface area (Å²) in [4.78, 5) is 9.60. The summed E-state index contributed by atoms with van der Waals surface area (Å²) in [5.74, 6) is 1.64. The highest BCUT2D eigenvalue weighted by Crippen LogP contribution is 2.32. The van der Waals surface area contributed by atoms with Gasteiger partial charge in [0.05, 0.1) is 11.9 Å². The molecule has 0 saturated carbocycles. The van der Waals surface area contributed by atoms with Gasteiger partial charge in [0, 0.05) is 64.3 Å². The molecule has 2 atom stereocenters. The van der Waals surface area contributed by atoms with E-state index in [4.69, 9.17) is 0 Å². The third-order valence-electron chi connectivity index (χ3n) is 4.91. The van der Waals surface area contributed by atoms with Crippen LogP contribution in [0.1, 0.15) is 11.3 Å². The van der Waals surface area contributed by atoms with Crippen LogP contribution in [0.5, 0.6) is 0 Å². The lowest BCUT2D eigenvalue weighted by Gasteiger charge is -2.20. The van der Waals surface area contributed by atoms with Gasteiger partial charge in [0.1, 0.15) is 0 Å². The number of hydrogen-bond donors (Lipinski definition) is 0. The molecule has 0 amide bonds. The van der Waals surface area contributed by atoms with E-state index >= 15 is 0 Å². The lowest BCUT2D eigenvalue weighted by molar-refractivity contribution is 0.245. The molecule has 22 heavy (non-hydrogen) atoms. The topological polar surface area (TPSA) is 37.2 Å². The highest BCUT2D eigenvalue weighted by atomic mass is 15.3. The van der Waals surface area contributed by atoms with Crippen LogP contribution in [0.25, 0.3) is 0 Å². The van der Waals surface area contributed by atoms with Gasteiger partial charge in [-0.2, -0.15) is 5.10 Å². The highest BCUT2D eigenvalue weighted by molar-refractivity contribution is 5.07. The number of pyridine rings is 1. The summed E-state index contributed by atoms with van der Waals surface area (Å²) in [5.41, 5.74) is 2.52. The molecule has 116 valence electrons. The highest BCUT2D eigenvalue weighted by Gasteiger charge is 2.39. The van der Waals surface area contributed by atoms with Crippen molar-refractivity contribution >= 4 is 0 Å². The molecule has 2 aliphatic heterocycles. The fourth-order valence-corrected chi connectivity index (χ4v) is 3.98. The summed E-state index contributed by atoms with van der Waals surface area (Å²) in [5, 5.41) is 4.26. The third kappa shape index (κ3) is 2.91. The van der Waals surface area contributed by atoms with Crippen LogP contribution in [0.15, 0.2) is 36.8 Å². The van der Waals surface area contributed by atoms with Crippen molar-refractivity contribution in [1.29, 1.82) is 0 Å². The van der Waals surface area contributed by atoms with E-state index < -0.39 is 0 Å². The van der Waals surface area contributed by atoms with Gasteiger partial charge in [-0.25, -0.2) is 0 Å². The lowest BCUT2D eigenvalue weighted by Crippen LogP contribution is -2.28. The van der Waals surface area contributed by atoms with Crippen molar-refractivity contribution in [2.24, 2.45) is 18.9 Å². The zero-order valence-corrected chi connectivity index (χ0v) is 13.1. The van der Waals surface area contributed by atoms with Crippen molar-refractivity contribution in [3.05, 3.63) is 48.0 Å². The number of aryl methyl sites for hydroxylation is 1. The van der Waals surface area contributed by atoms with Crippen molar-refractivity contribution in [2.75, 3.05) is 26.2 Å². The summed E-state index contributed by atoms with van der Waals surface area (Å²) in [6.45, 7) is 6.91. The molecule has 2 unspecified atom stereocenters. The van der Waals surface area contributed by atoms with Crippen molar-refractivity contribution in [3.8, 4) is 0 Å². The first-order valence-electron chi connectivity index (χ1n) is 8.08. The van der Waals surface area contributed by atoms with Crippen LogP contribution in [-0.2, 0) is 20.1 Å². The van der Waals surface area contributed by atoms with Crippen LogP contribution >= 0.6 is 0 Å². The fourth-order valence-electron chi connectivity index (χ4n) is 3.98. The van der Waals surface area contributed by atoms with Crippen LogP contribution < -0.4 is 0 Å². The van der Waals surface area contributed by atoms with E-state index in [1.807, 2.05) is 30.2 Å². The smallest absolute Gasteiger partial charge is 0.0543 e. The van der Waals surface area contributed by atoms with Gasteiger partial charge in [-0.05, 0) is 24.0 Å². The van der Waals surface area contributed by atoms with Crippen molar-refractivity contribution in [2.45, 2.75) is 13.1 Å². The maximum absolute atomic E-state index is 4.45. The third-order valence-corrected chi connectivity index (χ3v) is 4.91. The Morgan fingerprint density at radius 1 is 1.05 bits per heavy atom. The zero-order valence-electron chi connectivity index (χ0n) is 13.1. The molecule has 5 nitrogen and oxygen atoms in total. The molecule has 0 bridgehead atoms. The maximum atomic E-state index is 4.45. The predicted molar refractivity (Wildman–Crippen MR) is 85.0 cm³/mol. The summed E-state index contributed by atoms with van der Waals surface area (Å²) in [6, 6.07) is 6.19. The van der Waals surface area contributed by atoms with E-state index in [0.717, 1.165) is 24.9 Å². The first kappa shape index (κ1) is 13.9. The fraction of sp³-hybridized carbons (Fsp3) is 0.529. The standard InChI is InChI=1S/C17H23N5/c1-20-7-14(6-19-20)8-21-9-15-11-22(12-16(15)10-21)13-17-4-2-3-5-18-17/h2-7,15-16H,8-13H2,1H3. The monoisotopic (exact) mass is 297 g/mol. The van der Waals surface area contributed by atoms with Crippen LogP contribution in [0.2, 0.25) is 0 Å². The Morgan fingerprint density at radius 3 is 2.36 bits per heavy atom. The summed E-state index contributed by atoms with van der Waals surface area (Å²) >= 11 is 0. The maximum Gasteiger partial charge on any atom is 0.0543 e. The van der Waals surface area contributed by atoms with Crippen molar-refractivity contribution in [1.82, 2.24) is 24.6 Å². The van der Waals surface area contributed by atoms with Gasteiger partial charge >= 0.3 is 0 Å². The van der Waals surface area contributed by atoms with Gasteiger partial charge < -0.3 is 0 Å². The molecule has 2 aliphatic rings. The Labute approximate surface area is 131 Å². The van der Waals surface area contributed by atoms with Gasteiger partial charge in [0.2, 0.25) is 0 Å². The molecule has 4 rings (SSSR count). The summed E-state index contributed by atoms with van der Waals surface area (Å²) in [7, 11) is 1.98. The van der Waals surface area contributed by atoms with E-state index in [0.29, 0.717) is 0 Å². The minimum atomic E-state index is 0.820. The molecule has 2 aromatic heterocycles. The average Bonchev–Trinajstić information content (AvgIpc) is 3.16. The number of fused-ring (bicyclic) bond motifs is 1. The van der Waals surface area contributed by atoms with Crippen LogP contribution in [0.4, 0.5) is 0 Å². The van der Waals surface area contributed by atoms with Gasteiger partial charge in [0.15, 0.2) is 0 Å². The summed E-state index contributed by atoms with van der Waals surface area (Å²) in [6.07, 6.45) is 6.00. The molecule has 0 aromatic carbocycles. The summed E-state index contributed by atoms with van der Waals surface area (Å²) < 4.78 is 1.89. The second-order valence-electron chi connectivity index (χ2n) is 6.75. The largest absolute Gasteiger partial charge is 0.298 e. The SMILES string of the molecule is Cn1cc(CN2CC3CN(Cc4ccccn4)CC3C2)cn1. The second-order valence-corrected chi connectivity index (χ2v) is 6.75. The van der Waals surface area contributed by atoms with E-state index in [9.17, 15) is 0 Å². The van der Waals surface area contributed by atoms with Gasteiger partial charge in [-0.3, -0.25) is 19.5 Å². The van der Waals surface area contributed by atoms with E-state index in [2.05, 4.69) is 38.2 Å². The Morgan fingerprint density at radius 2 is 1.77 bits per heavy atom. The molecule has 2 saturated heterocycles. The molecule has 0 aliphatic carbocycles. The van der Waals surface area contributed by atoms with Crippen LogP contribution in [-0.4, -0.2) is 50.7 Å². The van der Waals surface area contributed by atoms with Gasteiger partial charge in [-0.1, -0.05) is 6.07 Å². The number of nitrogens with zero attached hydrogens (tertiary/aromatic N) is 5. The normalized spacial score (nSPS) is 25.7. The molecule has 2 fully saturated rings. The molecule has 0 N–H and O–H groups in total. The molecular formula is C17H23N5. The number of rotatable bonds is 4. The Balaban J connectivity index is 1.31. The van der Waals surface area contributed by atoms with E-state index in [1.165, 1.54) is 37.4 Å². The predicted octanol–water partition coefficient (Wildman–Crippen LogP) is 1.38. The van der Waals surface area contributed by atoms with Gasteiger partial charge in [0.25, 0.3) is 0 Å². The molecule has 0 radical (unpaired) electrons. The number of likely N-dealkylation sites (tertiary alicyclic amines) is 2. The molecule has 0 spiro atoms. The first-order valence-corrected chi connectivity index (χ1v) is 8.08. The van der Waals surface area contributed by atoms with E-state index in [-0.39, 0.29) is 0 Å². The first-order chi connectivity index (χ1) is 10.8. The molecular weight excluding hydrogens is 274 g/mol. The van der Waals surface area contributed by atoms with E-state index in [1.54, 1.807) is 0 Å². The van der Waals surface area contributed by atoms with Crippen LogP contribution in [0.3, 0.4) is 0 Å². The molecule has 4 heterocycles. The second kappa shape index (κ2) is 5.82. The average molecular weight is 297 g/mol. The van der Waals surface area contributed by atoms with Crippen LogP contribution in [0, 0.1) is 11.8 Å². The minimum Gasteiger partial charge on any atom is -0.298 e. The van der Waals surface area contributed by atoms with Gasteiger partial charge in [-0.15, -0.1) is 0 Å². The number of hydrogen-bond acceptors (Lipinski definition) is 4.